The van der Waals surface area contributed by atoms with Crippen molar-refractivity contribution in [2.45, 2.75) is 52.1 Å². The van der Waals surface area contributed by atoms with Gasteiger partial charge in [0.15, 0.2) is 11.5 Å². The second-order valence-corrected chi connectivity index (χ2v) is 9.14. The van der Waals surface area contributed by atoms with Crippen LogP contribution < -0.4 is 5.32 Å². The number of benzene rings is 1. The van der Waals surface area contributed by atoms with Gasteiger partial charge in [-0.1, -0.05) is 17.7 Å². The van der Waals surface area contributed by atoms with Crippen LogP contribution in [0.3, 0.4) is 0 Å². The molecule has 1 aliphatic rings. The van der Waals surface area contributed by atoms with E-state index in [-0.39, 0.29) is 46.4 Å². The summed E-state index contributed by atoms with van der Waals surface area (Å²) < 4.78 is 44.6. The molecule has 1 amide bonds. The maximum Gasteiger partial charge on any atom is 0.264 e. The van der Waals surface area contributed by atoms with E-state index < -0.39 is 18.1 Å². The summed E-state index contributed by atoms with van der Waals surface area (Å²) in [5.74, 6) is -0.447. The molecule has 3 aromatic heterocycles. The zero-order chi connectivity index (χ0) is 24.9. The van der Waals surface area contributed by atoms with Crippen molar-refractivity contribution in [1.82, 2.24) is 24.5 Å². The Morgan fingerprint density at radius 3 is 2.66 bits per heavy atom. The summed E-state index contributed by atoms with van der Waals surface area (Å²) in [5, 5.41) is 11.9. The van der Waals surface area contributed by atoms with E-state index >= 15 is 0 Å². The highest BCUT2D eigenvalue weighted by Crippen LogP contribution is 2.41. The number of amides is 1. The van der Waals surface area contributed by atoms with E-state index in [1.165, 1.54) is 27.6 Å². The van der Waals surface area contributed by atoms with Gasteiger partial charge in [-0.25, -0.2) is 22.8 Å². The lowest BCUT2D eigenvalue weighted by atomic mass is 10.1. The lowest BCUT2D eigenvalue weighted by molar-refractivity contribution is -0.116. The first-order valence-corrected chi connectivity index (χ1v) is 11.5. The Labute approximate surface area is 203 Å². The standard InChI is InChI=1S/C24H22ClF3N6O/c1-12-8-20(32-33(12)10-16-17(25)4-3-5-18(16)26)30-21(35)11-34-24-22(13(2)31-34)15(23(27)28)9-19(29-24)14-6-7-14/h3-5,8-9,14,23H,6-7,10-11H2,1-2H3,(H,30,32,35). The number of aryl methyl sites for hydroxylation is 2. The molecule has 1 aromatic carbocycles. The quantitative estimate of drug-likeness (QED) is 0.360. The Balaban J connectivity index is 1.37. The summed E-state index contributed by atoms with van der Waals surface area (Å²) in [5.41, 5.74) is 2.15. The van der Waals surface area contributed by atoms with Crippen LogP contribution in [0.15, 0.2) is 30.3 Å². The summed E-state index contributed by atoms with van der Waals surface area (Å²) in [4.78, 5) is 17.4. The highest BCUT2D eigenvalue weighted by Gasteiger charge is 2.29. The number of nitrogens with one attached hydrogen (secondary N) is 1. The van der Waals surface area contributed by atoms with Crippen molar-refractivity contribution in [2.24, 2.45) is 0 Å². The Morgan fingerprint density at radius 2 is 1.97 bits per heavy atom. The smallest absolute Gasteiger partial charge is 0.264 e. The molecule has 1 aliphatic carbocycles. The molecular weight excluding hydrogens is 481 g/mol. The first-order valence-electron chi connectivity index (χ1n) is 11.1. The average Bonchev–Trinajstić information content (AvgIpc) is 3.53. The summed E-state index contributed by atoms with van der Waals surface area (Å²) in [7, 11) is 0. The van der Waals surface area contributed by atoms with Crippen molar-refractivity contribution in [2.75, 3.05) is 5.32 Å². The molecule has 182 valence electrons. The Morgan fingerprint density at radius 1 is 1.20 bits per heavy atom. The van der Waals surface area contributed by atoms with E-state index in [9.17, 15) is 18.0 Å². The zero-order valence-corrected chi connectivity index (χ0v) is 19.8. The molecular formula is C24H22ClF3N6O. The molecule has 11 heteroatoms. The number of halogens is 4. The van der Waals surface area contributed by atoms with Crippen LogP contribution in [-0.4, -0.2) is 30.5 Å². The van der Waals surface area contributed by atoms with E-state index in [4.69, 9.17) is 11.6 Å². The topological polar surface area (TPSA) is 77.6 Å². The predicted octanol–water partition coefficient (Wildman–Crippen LogP) is 5.54. The normalized spacial score (nSPS) is 13.7. The second kappa shape index (κ2) is 8.99. The van der Waals surface area contributed by atoms with Crippen molar-refractivity contribution in [3.05, 3.63) is 69.4 Å². The van der Waals surface area contributed by atoms with Gasteiger partial charge in [0.25, 0.3) is 6.43 Å². The molecule has 1 saturated carbocycles. The number of hydrogen-bond acceptors (Lipinski definition) is 4. The molecule has 0 radical (unpaired) electrons. The molecule has 0 unspecified atom stereocenters. The van der Waals surface area contributed by atoms with Gasteiger partial charge in [-0.15, -0.1) is 0 Å². The zero-order valence-electron chi connectivity index (χ0n) is 19.0. The average molecular weight is 503 g/mol. The molecule has 7 nitrogen and oxygen atoms in total. The van der Waals surface area contributed by atoms with Gasteiger partial charge in [-0.05, 0) is 44.9 Å². The van der Waals surface area contributed by atoms with E-state index in [0.717, 1.165) is 12.8 Å². The van der Waals surface area contributed by atoms with Gasteiger partial charge in [0.1, 0.15) is 12.4 Å². The van der Waals surface area contributed by atoms with Gasteiger partial charge >= 0.3 is 0 Å². The fourth-order valence-corrected chi connectivity index (χ4v) is 4.38. The van der Waals surface area contributed by atoms with Crippen LogP contribution in [0.1, 0.15) is 53.4 Å². The minimum Gasteiger partial charge on any atom is -0.308 e. The first kappa shape index (κ1) is 23.3. The third kappa shape index (κ3) is 4.62. The number of carbonyl (C=O) groups is 1. The number of pyridine rings is 1. The van der Waals surface area contributed by atoms with Crippen LogP contribution in [0.5, 0.6) is 0 Å². The fraction of sp³-hybridized carbons (Fsp3) is 0.333. The van der Waals surface area contributed by atoms with Crippen molar-refractivity contribution < 1.29 is 18.0 Å². The van der Waals surface area contributed by atoms with Crippen molar-refractivity contribution in [3.63, 3.8) is 0 Å². The molecule has 0 bridgehead atoms. The van der Waals surface area contributed by atoms with Gasteiger partial charge in [-0.3, -0.25) is 9.48 Å². The Bertz CT molecular complexity index is 1420. The number of anilines is 1. The van der Waals surface area contributed by atoms with Crippen molar-refractivity contribution in [1.29, 1.82) is 0 Å². The number of rotatable bonds is 7. The van der Waals surface area contributed by atoms with Crippen LogP contribution in [0, 0.1) is 19.7 Å². The van der Waals surface area contributed by atoms with E-state index in [2.05, 4.69) is 20.5 Å². The number of hydrogen-bond donors (Lipinski definition) is 1. The predicted molar refractivity (Wildman–Crippen MR) is 125 cm³/mol. The number of fused-ring (bicyclic) bond motifs is 1. The van der Waals surface area contributed by atoms with Gasteiger partial charge in [-0.2, -0.15) is 10.2 Å². The molecule has 1 fully saturated rings. The molecule has 5 rings (SSSR count). The molecule has 35 heavy (non-hydrogen) atoms. The lowest BCUT2D eigenvalue weighted by Crippen LogP contribution is -2.20. The minimum absolute atomic E-state index is 0.0977. The van der Waals surface area contributed by atoms with Crippen molar-refractivity contribution >= 4 is 34.4 Å². The Hall–Kier alpha value is -3.40. The highest BCUT2D eigenvalue weighted by atomic mass is 35.5. The maximum absolute atomic E-state index is 14.2. The highest BCUT2D eigenvalue weighted by molar-refractivity contribution is 6.31. The molecule has 4 aromatic rings. The number of nitrogens with zero attached hydrogens (tertiary/aromatic N) is 5. The van der Waals surface area contributed by atoms with Crippen LogP contribution >= 0.6 is 11.6 Å². The van der Waals surface area contributed by atoms with E-state index in [1.54, 1.807) is 26.0 Å². The fourth-order valence-electron chi connectivity index (χ4n) is 4.16. The molecule has 0 spiro atoms. The second-order valence-electron chi connectivity index (χ2n) is 8.73. The van der Waals surface area contributed by atoms with E-state index in [0.29, 0.717) is 22.6 Å². The summed E-state index contributed by atoms with van der Waals surface area (Å²) in [6, 6.07) is 7.55. The molecule has 3 heterocycles. The van der Waals surface area contributed by atoms with Gasteiger partial charge < -0.3 is 5.32 Å². The van der Waals surface area contributed by atoms with Gasteiger partial charge in [0.2, 0.25) is 5.91 Å². The maximum atomic E-state index is 14.2. The third-order valence-corrected chi connectivity index (χ3v) is 6.42. The number of alkyl halides is 2. The van der Waals surface area contributed by atoms with Gasteiger partial charge in [0.05, 0.1) is 17.6 Å². The minimum atomic E-state index is -2.67. The van der Waals surface area contributed by atoms with Crippen molar-refractivity contribution in [3.8, 4) is 0 Å². The van der Waals surface area contributed by atoms with Crippen LogP contribution in [0.2, 0.25) is 5.02 Å². The monoisotopic (exact) mass is 502 g/mol. The van der Waals surface area contributed by atoms with Crippen LogP contribution in [0.25, 0.3) is 11.0 Å². The Kier molecular flexibility index (Phi) is 6.00. The summed E-state index contributed by atoms with van der Waals surface area (Å²) in [6.07, 6.45) is -0.845. The lowest BCUT2D eigenvalue weighted by Gasteiger charge is -2.08. The molecule has 1 N–H and O–H groups in total. The van der Waals surface area contributed by atoms with E-state index in [1.807, 2.05) is 0 Å². The molecule has 0 aliphatic heterocycles. The largest absolute Gasteiger partial charge is 0.308 e. The SMILES string of the molecule is Cc1nn(CC(=O)Nc2cc(C)n(Cc3c(F)cccc3Cl)n2)c2nc(C3CC3)cc(C(F)F)c12. The summed E-state index contributed by atoms with van der Waals surface area (Å²) >= 11 is 6.11. The first-order chi connectivity index (χ1) is 16.7. The molecule has 0 atom stereocenters. The van der Waals surface area contributed by atoms with Crippen LogP contribution in [0.4, 0.5) is 19.0 Å². The van der Waals surface area contributed by atoms with Gasteiger partial charge in [0, 0.05) is 39.5 Å². The third-order valence-electron chi connectivity index (χ3n) is 6.07. The van der Waals surface area contributed by atoms with Crippen LogP contribution in [-0.2, 0) is 17.9 Å². The molecule has 0 saturated heterocycles. The number of carbonyl (C=O) groups excluding carboxylic acids is 1. The summed E-state index contributed by atoms with van der Waals surface area (Å²) in [6.45, 7) is 3.27. The number of aromatic nitrogens is 5.